The fourth-order valence-electron chi connectivity index (χ4n) is 4.98. The summed E-state index contributed by atoms with van der Waals surface area (Å²) in [4.78, 5) is 12.9. The van der Waals surface area contributed by atoms with Crippen LogP contribution in [0.1, 0.15) is 32.1 Å². The molecule has 4 rings (SSSR count). The van der Waals surface area contributed by atoms with E-state index in [0.29, 0.717) is 30.6 Å². The average Bonchev–Trinajstić information content (AvgIpc) is 3.38. The van der Waals surface area contributed by atoms with E-state index in [1.807, 2.05) is 0 Å². The third-order valence-electron chi connectivity index (χ3n) is 6.40. The van der Waals surface area contributed by atoms with Crippen LogP contribution in [0.15, 0.2) is 23.1 Å². The van der Waals surface area contributed by atoms with E-state index in [1.54, 1.807) is 12.1 Å². The zero-order valence-corrected chi connectivity index (χ0v) is 17.6. The molecule has 4 atom stereocenters. The predicted molar refractivity (Wildman–Crippen MR) is 109 cm³/mol. The van der Waals surface area contributed by atoms with Gasteiger partial charge >= 0.3 is 0 Å². The summed E-state index contributed by atoms with van der Waals surface area (Å²) < 4.78 is 32.5. The van der Waals surface area contributed by atoms with Gasteiger partial charge in [0.1, 0.15) is 10.6 Å². The van der Waals surface area contributed by atoms with Gasteiger partial charge in [-0.1, -0.05) is 0 Å². The van der Waals surface area contributed by atoms with Crippen molar-refractivity contribution >= 4 is 34.0 Å². The third-order valence-corrected chi connectivity index (χ3v) is 8.34. The summed E-state index contributed by atoms with van der Waals surface area (Å²) in [6, 6.07) is 4.64. The van der Waals surface area contributed by atoms with E-state index < -0.39 is 10.0 Å². The van der Waals surface area contributed by atoms with Crippen molar-refractivity contribution in [3.05, 3.63) is 18.2 Å². The average molecular weight is 430 g/mol. The zero-order valence-electron chi connectivity index (χ0n) is 16.0. The summed E-state index contributed by atoms with van der Waals surface area (Å²) in [5.41, 5.74) is 6.79. The lowest BCUT2D eigenvalue weighted by atomic mass is 9.84. The lowest BCUT2D eigenvalue weighted by Gasteiger charge is -2.27. The van der Waals surface area contributed by atoms with Crippen LogP contribution in [-0.4, -0.2) is 44.9 Å². The molecule has 2 saturated carbocycles. The molecular formula is C19H28ClN3O4S. The van der Waals surface area contributed by atoms with Gasteiger partial charge in [-0.2, -0.15) is 4.31 Å². The summed E-state index contributed by atoms with van der Waals surface area (Å²) in [5.74, 6) is 0.821. The minimum atomic E-state index is -3.58. The van der Waals surface area contributed by atoms with Crippen molar-refractivity contribution in [1.29, 1.82) is 0 Å². The largest absolute Gasteiger partial charge is 0.495 e. The summed E-state index contributed by atoms with van der Waals surface area (Å²) in [6.07, 6.45) is 4.97. The van der Waals surface area contributed by atoms with Gasteiger partial charge in [-0.05, 0) is 56.1 Å². The molecule has 7 nitrogen and oxygen atoms in total. The van der Waals surface area contributed by atoms with E-state index in [9.17, 15) is 13.2 Å². The number of halogens is 1. The first-order valence-electron chi connectivity index (χ1n) is 9.66. The molecule has 3 aliphatic rings. The van der Waals surface area contributed by atoms with Crippen molar-refractivity contribution in [3.8, 4) is 5.75 Å². The van der Waals surface area contributed by atoms with Crippen LogP contribution in [0.3, 0.4) is 0 Å². The maximum absolute atomic E-state index is 12.8. The summed E-state index contributed by atoms with van der Waals surface area (Å²) in [7, 11) is -2.14. The van der Waals surface area contributed by atoms with E-state index in [1.165, 1.54) is 17.5 Å². The highest BCUT2D eigenvalue weighted by atomic mass is 35.5. The van der Waals surface area contributed by atoms with Gasteiger partial charge in [-0.3, -0.25) is 4.79 Å². The number of carbonyl (C=O) groups excluding carboxylic acids is 1. The number of rotatable bonds is 5. The number of amides is 1. The molecule has 1 heterocycles. The number of ether oxygens (including phenoxy) is 1. The van der Waals surface area contributed by atoms with Crippen LogP contribution in [0.5, 0.6) is 5.75 Å². The number of nitrogens with one attached hydrogen (secondary N) is 1. The Morgan fingerprint density at radius 2 is 1.89 bits per heavy atom. The van der Waals surface area contributed by atoms with Crippen LogP contribution in [0, 0.1) is 17.8 Å². The summed E-state index contributed by atoms with van der Waals surface area (Å²) in [6.45, 7) is 1.07. The minimum Gasteiger partial charge on any atom is -0.495 e. The fourth-order valence-corrected chi connectivity index (χ4v) is 6.63. The molecule has 0 radical (unpaired) electrons. The van der Waals surface area contributed by atoms with E-state index in [-0.39, 0.29) is 40.9 Å². The van der Waals surface area contributed by atoms with E-state index in [0.717, 1.165) is 32.1 Å². The van der Waals surface area contributed by atoms with Crippen LogP contribution in [-0.2, 0) is 14.8 Å². The Kier molecular flexibility index (Phi) is 6.24. The van der Waals surface area contributed by atoms with Gasteiger partial charge in [0, 0.05) is 30.9 Å². The second kappa shape index (κ2) is 8.18. The lowest BCUT2D eigenvalue weighted by molar-refractivity contribution is -0.121. The van der Waals surface area contributed by atoms with Crippen molar-refractivity contribution in [1.82, 2.24) is 4.31 Å². The smallest absolute Gasteiger partial charge is 0.246 e. The molecule has 2 bridgehead atoms. The minimum absolute atomic E-state index is 0. The maximum Gasteiger partial charge on any atom is 0.246 e. The Bertz CT molecular complexity index is 840. The molecule has 1 aliphatic heterocycles. The molecule has 1 aromatic carbocycles. The number of nitrogens with zero attached hydrogens (tertiary/aromatic N) is 1. The Hall–Kier alpha value is -1.35. The standard InChI is InChI=1S/C19H27N3O4S.ClH/c1-26-15-11-14(6-7-16(15)27(24,25)22-8-2-3-9-22)21-19(23)17-12-4-5-13(10-12)18(17)20;/h6-7,11-13,17-18H,2-5,8-10,20H2,1H3,(H,21,23);1H. The quantitative estimate of drug-likeness (QED) is 0.747. The van der Waals surface area contributed by atoms with Crippen molar-refractivity contribution in [2.45, 2.75) is 43.0 Å². The van der Waals surface area contributed by atoms with Gasteiger partial charge in [0.15, 0.2) is 0 Å². The predicted octanol–water partition coefficient (Wildman–Crippen LogP) is 2.21. The summed E-state index contributed by atoms with van der Waals surface area (Å²) >= 11 is 0. The molecule has 3 fully saturated rings. The van der Waals surface area contributed by atoms with Crippen LogP contribution in [0.25, 0.3) is 0 Å². The number of sulfonamides is 1. The van der Waals surface area contributed by atoms with Gasteiger partial charge in [-0.15, -0.1) is 12.4 Å². The highest BCUT2D eigenvalue weighted by Crippen LogP contribution is 2.48. The Balaban J connectivity index is 0.00000225. The van der Waals surface area contributed by atoms with Gasteiger partial charge in [0.2, 0.25) is 15.9 Å². The molecule has 4 unspecified atom stereocenters. The van der Waals surface area contributed by atoms with E-state index in [2.05, 4.69) is 5.32 Å². The van der Waals surface area contributed by atoms with Crippen LogP contribution in [0.4, 0.5) is 5.69 Å². The highest BCUT2D eigenvalue weighted by molar-refractivity contribution is 7.89. The van der Waals surface area contributed by atoms with Crippen molar-refractivity contribution < 1.29 is 17.9 Å². The normalized spacial score (nSPS) is 29.5. The highest BCUT2D eigenvalue weighted by Gasteiger charge is 2.49. The van der Waals surface area contributed by atoms with Crippen molar-refractivity contribution in [3.63, 3.8) is 0 Å². The topological polar surface area (TPSA) is 102 Å². The first-order valence-corrected chi connectivity index (χ1v) is 11.1. The number of fused-ring (bicyclic) bond motifs is 2. The van der Waals surface area contributed by atoms with E-state index in [4.69, 9.17) is 10.5 Å². The molecule has 28 heavy (non-hydrogen) atoms. The monoisotopic (exact) mass is 429 g/mol. The molecule has 1 amide bonds. The molecule has 0 aromatic heterocycles. The molecule has 2 aliphatic carbocycles. The molecular weight excluding hydrogens is 402 g/mol. The number of carbonyl (C=O) groups is 1. The van der Waals surface area contributed by atoms with Gasteiger partial charge in [-0.25, -0.2) is 8.42 Å². The second-order valence-electron chi connectivity index (χ2n) is 7.90. The second-order valence-corrected chi connectivity index (χ2v) is 9.81. The lowest BCUT2D eigenvalue weighted by Crippen LogP contribution is -2.42. The number of methoxy groups -OCH3 is 1. The Morgan fingerprint density at radius 1 is 1.21 bits per heavy atom. The van der Waals surface area contributed by atoms with Gasteiger partial charge in [0.05, 0.1) is 13.0 Å². The fraction of sp³-hybridized carbons (Fsp3) is 0.632. The van der Waals surface area contributed by atoms with Gasteiger partial charge in [0.25, 0.3) is 0 Å². The molecule has 3 N–H and O–H groups in total. The van der Waals surface area contributed by atoms with Crippen LogP contribution < -0.4 is 15.8 Å². The van der Waals surface area contributed by atoms with Crippen LogP contribution in [0.2, 0.25) is 0 Å². The molecule has 1 aromatic rings. The van der Waals surface area contributed by atoms with Crippen molar-refractivity contribution in [2.24, 2.45) is 23.5 Å². The van der Waals surface area contributed by atoms with Crippen molar-refractivity contribution in [2.75, 3.05) is 25.5 Å². The number of nitrogens with two attached hydrogens (primary N) is 1. The maximum atomic E-state index is 12.8. The number of hydrogen-bond acceptors (Lipinski definition) is 5. The summed E-state index contributed by atoms with van der Waals surface area (Å²) in [5, 5.41) is 2.91. The zero-order chi connectivity index (χ0) is 19.2. The van der Waals surface area contributed by atoms with Gasteiger partial charge < -0.3 is 15.8 Å². The molecule has 0 spiro atoms. The molecule has 9 heteroatoms. The number of benzene rings is 1. The first-order chi connectivity index (χ1) is 12.9. The molecule has 156 valence electrons. The Labute approximate surface area is 172 Å². The van der Waals surface area contributed by atoms with Crippen LogP contribution >= 0.6 is 12.4 Å². The SMILES string of the molecule is COc1cc(NC(=O)C2C3CCC(C3)C2N)ccc1S(=O)(=O)N1CCCC1.Cl. The number of anilines is 1. The number of hydrogen-bond donors (Lipinski definition) is 2. The first kappa shape index (κ1) is 21.4. The third kappa shape index (κ3) is 3.63. The Morgan fingerprint density at radius 3 is 2.50 bits per heavy atom. The van der Waals surface area contributed by atoms with E-state index >= 15 is 0 Å². The molecule has 1 saturated heterocycles.